The van der Waals surface area contributed by atoms with Crippen molar-refractivity contribution in [3.8, 4) is 11.1 Å². The van der Waals surface area contributed by atoms with Crippen LogP contribution in [0.5, 0.6) is 0 Å². The van der Waals surface area contributed by atoms with Gasteiger partial charge in [-0.3, -0.25) is 4.79 Å². The van der Waals surface area contributed by atoms with Gasteiger partial charge in [0, 0.05) is 23.5 Å². The molecular weight excluding hydrogens is 462 g/mol. The van der Waals surface area contributed by atoms with E-state index in [0.29, 0.717) is 12.1 Å². The predicted molar refractivity (Wildman–Crippen MR) is 149 cm³/mol. The molecule has 188 valence electrons. The van der Waals surface area contributed by atoms with Gasteiger partial charge in [-0.1, -0.05) is 78.9 Å². The van der Waals surface area contributed by atoms with Crippen LogP contribution in [0.15, 0.2) is 109 Å². The molecule has 4 aromatic carbocycles. The summed E-state index contributed by atoms with van der Waals surface area (Å²) in [5, 5.41) is 9.64. The molecule has 0 aliphatic heterocycles. The molecule has 1 unspecified atom stereocenters. The number of nitrogens with one attached hydrogen (secondary N) is 3. The van der Waals surface area contributed by atoms with Crippen molar-refractivity contribution in [1.29, 1.82) is 0 Å². The summed E-state index contributed by atoms with van der Waals surface area (Å²) in [6.45, 7) is 1.38. The van der Waals surface area contributed by atoms with Gasteiger partial charge < -0.3 is 20.7 Å². The van der Waals surface area contributed by atoms with Crippen molar-refractivity contribution in [3.63, 3.8) is 0 Å². The Morgan fingerprint density at radius 1 is 0.730 bits per heavy atom. The third-order valence-electron chi connectivity index (χ3n) is 6.00. The Morgan fingerprint density at radius 2 is 1.35 bits per heavy atom. The summed E-state index contributed by atoms with van der Waals surface area (Å²) in [6, 6.07) is 34.2. The number of anilines is 2. The van der Waals surface area contributed by atoms with E-state index in [4.69, 9.17) is 4.74 Å². The molecule has 6 heteroatoms. The molecule has 3 N–H and O–H groups in total. The number of benzene rings is 4. The molecule has 4 aromatic rings. The number of rotatable bonds is 11. The normalized spacial score (nSPS) is 11.4. The lowest BCUT2D eigenvalue weighted by atomic mass is 9.99. The number of esters is 1. The van der Waals surface area contributed by atoms with E-state index in [1.807, 2.05) is 109 Å². The van der Waals surface area contributed by atoms with Crippen LogP contribution in [0.4, 0.5) is 11.4 Å². The molecule has 4 rings (SSSR count). The van der Waals surface area contributed by atoms with Crippen molar-refractivity contribution in [3.05, 3.63) is 120 Å². The number of amides is 1. The van der Waals surface area contributed by atoms with Crippen LogP contribution in [0.2, 0.25) is 0 Å². The van der Waals surface area contributed by atoms with E-state index in [-0.39, 0.29) is 11.9 Å². The van der Waals surface area contributed by atoms with Crippen molar-refractivity contribution in [1.82, 2.24) is 5.32 Å². The highest BCUT2D eigenvalue weighted by Crippen LogP contribution is 2.24. The molecule has 0 aromatic heterocycles. The van der Waals surface area contributed by atoms with E-state index in [1.54, 1.807) is 0 Å². The number of ether oxygens (including phenoxy) is 1. The van der Waals surface area contributed by atoms with E-state index in [9.17, 15) is 9.59 Å². The van der Waals surface area contributed by atoms with Gasteiger partial charge in [0.2, 0.25) is 0 Å². The molecule has 0 aliphatic carbocycles. The quantitative estimate of drug-likeness (QED) is 0.179. The fraction of sp³-hybridized carbons (Fsp3) is 0.161. The van der Waals surface area contributed by atoms with Gasteiger partial charge in [-0.05, 0) is 60.0 Å². The second-order valence-corrected chi connectivity index (χ2v) is 8.54. The fourth-order valence-corrected chi connectivity index (χ4v) is 4.09. The van der Waals surface area contributed by atoms with Gasteiger partial charge in [-0.25, -0.2) is 4.79 Å². The largest absolute Gasteiger partial charge is 0.468 e. The van der Waals surface area contributed by atoms with Crippen LogP contribution < -0.4 is 16.0 Å². The maximum absolute atomic E-state index is 13.0. The molecule has 1 atom stereocenters. The van der Waals surface area contributed by atoms with Crippen LogP contribution in [-0.2, 0) is 9.53 Å². The van der Waals surface area contributed by atoms with Crippen LogP contribution in [0.3, 0.4) is 0 Å². The maximum atomic E-state index is 13.0. The zero-order valence-electron chi connectivity index (χ0n) is 20.8. The minimum Gasteiger partial charge on any atom is -0.468 e. The van der Waals surface area contributed by atoms with Crippen molar-refractivity contribution >= 4 is 23.3 Å². The lowest BCUT2D eigenvalue weighted by Gasteiger charge is -2.17. The molecule has 37 heavy (non-hydrogen) atoms. The SMILES string of the molecule is COC(=O)C(NCCCNc1ccc(NC(=O)c2ccccc2-c2ccccc2)cc1)c1ccccc1. The topological polar surface area (TPSA) is 79.5 Å². The van der Waals surface area contributed by atoms with Gasteiger partial charge in [-0.2, -0.15) is 0 Å². The number of carbonyl (C=O) groups excluding carboxylic acids is 2. The van der Waals surface area contributed by atoms with Crippen LogP contribution >= 0.6 is 0 Å². The molecule has 0 spiro atoms. The summed E-state index contributed by atoms with van der Waals surface area (Å²) < 4.78 is 4.94. The minimum absolute atomic E-state index is 0.148. The van der Waals surface area contributed by atoms with E-state index in [1.165, 1.54) is 7.11 Å². The molecule has 0 heterocycles. The highest BCUT2D eigenvalue weighted by molar-refractivity contribution is 6.08. The monoisotopic (exact) mass is 493 g/mol. The average molecular weight is 494 g/mol. The molecule has 1 amide bonds. The highest BCUT2D eigenvalue weighted by Gasteiger charge is 2.20. The number of hydrogen-bond acceptors (Lipinski definition) is 5. The lowest BCUT2D eigenvalue weighted by Crippen LogP contribution is -2.31. The first kappa shape index (κ1) is 25.7. The third kappa shape index (κ3) is 7.06. The Morgan fingerprint density at radius 3 is 2.05 bits per heavy atom. The lowest BCUT2D eigenvalue weighted by molar-refractivity contribution is -0.143. The second kappa shape index (κ2) is 13.0. The Hall–Kier alpha value is -4.42. The zero-order valence-corrected chi connectivity index (χ0v) is 20.8. The first-order valence-corrected chi connectivity index (χ1v) is 12.3. The molecule has 0 fully saturated rings. The van der Waals surface area contributed by atoms with Crippen molar-refractivity contribution in [2.45, 2.75) is 12.5 Å². The highest BCUT2D eigenvalue weighted by atomic mass is 16.5. The van der Waals surface area contributed by atoms with E-state index in [2.05, 4.69) is 16.0 Å². The van der Waals surface area contributed by atoms with Crippen LogP contribution in [0, 0.1) is 0 Å². The summed E-state index contributed by atoms with van der Waals surface area (Å²) in [4.78, 5) is 25.2. The predicted octanol–water partition coefficient (Wildman–Crippen LogP) is 5.91. The molecule has 0 bridgehead atoms. The van der Waals surface area contributed by atoms with Crippen LogP contribution in [0.1, 0.15) is 28.4 Å². The Labute approximate surface area is 217 Å². The Kier molecular flexibility index (Phi) is 9.05. The third-order valence-corrected chi connectivity index (χ3v) is 6.00. The minimum atomic E-state index is -0.485. The van der Waals surface area contributed by atoms with Gasteiger partial charge >= 0.3 is 5.97 Å². The summed E-state index contributed by atoms with van der Waals surface area (Å²) in [5.74, 6) is -0.451. The zero-order chi connectivity index (χ0) is 25.9. The number of methoxy groups -OCH3 is 1. The average Bonchev–Trinajstić information content (AvgIpc) is 2.96. The summed E-state index contributed by atoms with van der Waals surface area (Å²) in [7, 11) is 1.40. The van der Waals surface area contributed by atoms with Crippen LogP contribution in [0.25, 0.3) is 11.1 Å². The Bertz CT molecular complexity index is 1290. The molecule has 0 saturated carbocycles. The smallest absolute Gasteiger partial charge is 0.327 e. The van der Waals surface area contributed by atoms with Gasteiger partial charge in [0.1, 0.15) is 6.04 Å². The molecule has 0 aliphatic rings. The molecular formula is C31H31N3O3. The van der Waals surface area contributed by atoms with E-state index < -0.39 is 6.04 Å². The van der Waals surface area contributed by atoms with Gasteiger partial charge in [0.25, 0.3) is 5.91 Å². The van der Waals surface area contributed by atoms with Crippen LogP contribution in [-0.4, -0.2) is 32.1 Å². The number of carbonyl (C=O) groups is 2. The molecule has 0 saturated heterocycles. The molecule has 0 radical (unpaired) electrons. The summed E-state index contributed by atoms with van der Waals surface area (Å²) in [5.41, 5.74) is 5.09. The van der Waals surface area contributed by atoms with Gasteiger partial charge in [-0.15, -0.1) is 0 Å². The first-order chi connectivity index (χ1) is 18.2. The van der Waals surface area contributed by atoms with Crippen molar-refractivity contribution < 1.29 is 14.3 Å². The summed E-state index contributed by atoms with van der Waals surface area (Å²) in [6.07, 6.45) is 0.815. The second-order valence-electron chi connectivity index (χ2n) is 8.54. The van der Waals surface area contributed by atoms with Crippen molar-refractivity contribution in [2.24, 2.45) is 0 Å². The van der Waals surface area contributed by atoms with Crippen molar-refractivity contribution in [2.75, 3.05) is 30.8 Å². The van der Waals surface area contributed by atoms with Gasteiger partial charge in [0.05, 0.1) is 7.11 Å². The Balaban J connectivity index is 1.27. The maximum Gasteiger partial charge on any atom is 0.327 e. The summed E-state index contributed by atoms with van der Waals surface area (Å²) >= 11 is 0. The standard InChI is InChI=1S/C31H31N3O3/c1-37-31(36)29(24-13-6-3-7-14-24)33-22-10-21-32-25-17-19-26(20-18-25)34-30(35)28-16-9-8-15-27(28)23-11-4-2-5-12-23/h2-9,11-20,29,32-33H,10,21-22H2,1H3,(H,34,35). The first-order valence-electron chi connectivity index (χ1n) is 12.3. The van der Waals surface area contributed by atoms with E-state index in [0.717, 1.165) is 41.0 Å². The number of hydrogen-bond donors (Lipinski definition) is 3. The fourth-order valence-electron chi connectivity index (χ4n) is 4.09. The van der Waals surface area contributed by atoms with Gasteiger partial charge in [0.15, 0.2) is 0 Å². The van der Waals surface area contributed by atoms with E-state index >= 15 is 0 Å². The molecule has 6 nitrogen and oxygen atoms in total.